The Morgan fingerprint density at radius 3 is 2.80 bits per heavy atom. The molecule has 0 rings (SSSR count). The third kappa shape index (κ3) is 2.67. The van der Waals surface area contributed by atoms with E-state index in [0.29, 0.717) is 0 Å². The molecule has 0 amide bonds. The zero-order chi connectivity index (χ0) is 8.04. The van der Waals surface area contributed by atoms with E-state index in [1.165, 1.54) is 6.08 Å². The van der Waals surface area contributed by atoms with Crippen molar-refractivity contribution in [3.63, 3.8) is 0 Å². The van der Waals surface area contributed by atoms with Crippen LogP contribution in [0.2, 0.25) is 0 Å². The second kappa shape index (κ2) is 4.10. The molecule has 0 aliphatic carbocycles. The highest BCUT2D eigenvalue weighted by atomic mass is 16.5. The Morgan fingerprint density at radius 2 is 2.50 bits per heavy atom. The van der Waals surface area contributed by atoms with Gasteiger partial charge < -0.3 is 9.84 Å². The van der Waals surface area contributed by atoms with E-state index in [1.54, 1.807) is 6.92 Å². The van der Waals surface area contributed by atoms with E-state index in [2.05, 4.69) is 12.5 Å². The summed E-state index contributed by atoms with van der Waals surface area (Å²) in [6.07, 6.45) is 6.66. The van der Waals surface area contributed by atoms with Crippen molar-refractivity contribution in [1.29, 1.82) is 0 Å². The Kier molecular flexibility index (Phi) is 3.78. The molecule has 0 saturated carbocycles. The zero-order valence-corrected chi connectivity index (χ0v) is 6.13. The van der Waals surface area contributed by atoms with E-state index in [4.69, 9.17) is 16.3 Å². The molecule has 0 aromatic carbocycles. The molecule has 0 aliphatic heterocycles. The van der Waals surface area contributed by atoms with E-state index in [1.807, 2.05) is 0 Å². The Hall–Kier alpha value is -0.780. The van der Waals surface area contributed by atoms with E-state index < -0.39 is 5.60 Å². The topological polar surface area (TPSA) is 29.5 Å². The van der Waals surface area contributed by atoms with Crippen LogP contribution in [0.25, 0.3) is 0 Å². The van der Waals surface area contributed by atoms with E-state index in [9.17, 15) is 0 Å². The van der Waals surface area contributed by atoms with Gasteiger partial charge in [0.1, 0.15) is 5.60 Å². The third-order valence-corrected chi connectivity index (χ3v) is 1.17. The van der Waals surface area contributed by atoms with Crippen molar-refractivity contribution in [2.24, 2.45) is 0 Å². The van der Waals surface area contributed by atoms with Crippen LogP contribution in [0, 0.1) is 12.3 Å². The summed E-state index contributed by atoms with van der Waals surface area (Å²) < 4.78 is 5.07. The molecule has 1 unspecified atom stereocenters. The molecule has 0 aliphatic rings. The van der Waals surface area contributed by atoms with Gasteiger partial charge in [0, 0.05) is 0 Å². The summed E-state index contributed by atoms with van der Waals surface area (Å²) >= 11 is 0. The molecule has 1 N–H and O–H groups in total. The number of hydrogen-bond donors (Lipinski definition) is 1. The molecule has 2 heteroatoms. The van der Waals surface area contributed by atoms with Crippen LogP contribution in [0.5, 0.6) is 0 Å². The minimum atomic E-state index is -0.733. The molecule has 0 fully saturated rings. The van der Waals surface area contributed by atoms with Crippen LogP contribution >= 0.6 is 0 Å². The molecule has 0 spiro atoms. The summed E-state index contributed by atoms with van der Waals surface area (Å²) in [6, 6.07) is 0. The van der Waals surface area contributed by atoms with Crippen molar-refractivity contribution < 1.29 is 9.84 Å². The van der Waals surface area contributed by atoms with Crippen LogP contribution in [0.15, 0.2) is 12.7 Å². The summed E-state index contributed by atoms with van der Waals surface area (Å²) in [4.78, 5) is 0. The van der Waals surface area contributed by atoms with E-state index in [0.717, 1.165) is 0 Å². The number of hydrogen-bond acceptors (Lipinski definition) is 2. The van der Waals surface area contributed by atoms with Crippen molar-refractivity contribution >= 4 is 0 Å². The molecule has 10 heavy (non-hydrogen) atoms. The second-order valence-corrected chi connectivity index (χ2v) is 2.03. The maximum atomic E-state index is 8.39. The highest BCUT2D eigenvalue weighted by Crippen LogP contribution is 2.08. The van der Waals surface area contributed by atoms with Crippen LogP contribution in [-0.2, 0) is 4.74 Å². The Morgan fingerprint density at radius 1 is 1.90 bits per heavy atom. The Balaban J connectivity index is 3.84. The quantitative estimate of drug-likeness (QED) is 0.457. The lowest BCUT2D eigenvalue weighted by Gasteiger charge is -2.18. The molecule has 0 bridgehead atoms. The van der Waals surface area contributed by atoms with E-state index >= 15 is 0 Å². The number of rotatable bonds is 4. The van der Waals surface area contributed by atoms with Crippen LogP contribution < -0.4 is 0 Å². The zero-order valence-electron chi connectivity index (χ0n) is 6.13. The molecular weight excluding hydrogens is 128 g/mol. The van der Waals surface area contributed by atoms with Gasteiger partial charge in [-0.1, -0.05) is 12.5 Å². The fourth-order valence-corrected chi connectivity index (χ4v) is 0.417. The summed E-state index contributed by atoms with van der Waals surface area (Å²) in [5.41, 5.74) is -0.733. The van der Waals surface area contributed by atoms with Gasteiger partial charge in [-0.3, -0.25) is 0 Å². The van der Waals surface area contributed by atoms with Crippen molar-refractivity contribution in [2.45, 2.75) is 12.5 Å². The first-order valence-electron chi connectivity index (χ1n) is 3.04. The fourth-order valence-electron chi connectivity index (χ4n) is 0.417. The van der Waals surface area contributed by atoms with Gasteiger partial charge in [0.25, 0.3) is 0 Å². The molecule has 2 nitrogen and oxygen atoms in total. The largest absolute Gasteiger partial charge is 0.394 e. The lowest BCUT2D eigenvalue weighted by Crippen LogP contribution is -2.24. The van der Waals surface area contributed by atoms with Gasteiger partial charge in [0.05, 0.1) is 13.2 Å². The molecule has 56 valence electrons. The first-order valence-corrected chi connectivity index (χ1v) is 3.04. The maximum Gasteiger partial charge on any atom is 0.144 e. The molecule has 0 aromatic heterocycles. The van der Waals surface area contributed by atoms with Crippen LogP contribution in [0.1, 0.15) is 6.92 Å². The van der Waals surface area contributed by atoms with Crippen molar-refractivity contribution in [1.82, 2.24) is 0 Å². The molecular formula is C8H12O2. The molecule has 0 heterocycles. The van der Waals surface area contributed by atoms with Crippen LogP contribution in [0.3, 0.4) is 0 Å². The predicted molar refractivity (Wildman–Crippen MR) is 40.5 cm³/mol. The SMILES string of the molecule is C#CC(C)(C=C)OCCO. The molecule has 0 radical (unpaired) electrons. The minimum absolute atomic E-state index is 0.0227. The minimum Gasteiger partial charge on any atom is -0.394 e. The van der Waals surface area contributed by atoms with Crippen molar-refractivity contribution in [3.05, 3.63) is 12.7 Å². The molecule has 1 atom stereocenters. The van der Waals surface area contributed by atoms with Gasteiger partial charge in [-0.2, -0.15) is 0 Å². The summed E-state index contributed by atoms with van der Waals surface area (Å²) in [6.45, 7) is 5.45. The summed E-state index contributed by atoms with van der Waals surface area (Å²) in [7, 11) is 0. The highest BCUT2D eigenvalue weighted by Gasteiger charge is 2.15. The van der Waals surface area contributed by atoms with Crippen molar-refractivity contribution in [3.8, 4) is 12.3 Å². The van der Waals surface area contributed by atoms with Crippen LogP contribution in [-0.4, -0.2) is 23.9 Å². The molecule has 0 saturated heterocycles. The summed E-state index contributed by atoms with van der Waals surface area (Å²) in [5.74, 6) is 2.41. The first kappa shape index (κ1) is 9.22. The number of ether oxygens (including phenoxy) is 1. The summed E-state index contributed by atoms with van der Waals surface area (Å²) in [5, 5.41) is 8.39. The standard InChI is InChI=1S/C8H12O2/c1-4-8(3,5-2)10-7-6-9/h1,5,9H,2,6-7H2,3H3. The monoisotopic (exact) mass is 140 g/mol. The van der Waals surface area contributed by atoms with Gasteiger partial charge in [0.15, 0.2) is 0 Å². The second-order valence-electron chi connectivity index (χ2n) is 2.03. The van der Waals surface area contributed by atoms with Crippen molar-refractivity contribution in [2.75, 3.05) is 13.2 Å². The fraction of sp³-hybridized carbons (Fsp3) is 0.500. The Bertz CT molecular complexity index is 146. The van der Waals surface area contributed by atoms with Gasteiger partial charge in [-0.15, -0.1) is 6.42 Å². The third-order valence-electron chi connectivity index (χ3n) is 1.17. The molecule has 0 aromatic rings. The van der Waals surface area contributed by atoms with Crippen LogP contribution in [0.4, 0.5) is 0 Å². The first-order chi connectivity index (χ1) is 4.68. The lowest BCUT2D eigenvalue weighted by molar-refractivity contribution is 0.0243. The average Bonchev–Trinajstić information content (AvgIpc) is 2.00. The maximum absolute atomic E-state index is 8.39. The Labute approximate surface area is 61.5 Å². The van der Waals surface area contributed by atoms with Gasteiger partial charge in [0.2, 0.25) is 0 Å². The van der Waals surface area contributed by atoms with Gasteiger partial charge >= 0.3 is 0 Å². The van der Waals surface area contributed by atoms with Gasteiger partial charge in [-0.25, -0.2) is 0 Å². The number of aliphatic hydroxyl groups excluding tert-OH is 1. The van der Waals surface area contributed by atoms with Gasteiger partial charge in [-0.05, 0) is 13.0 Å². The lowest BCUT2D eigenvalue weighted by atomic mass is 10.1. The van der Waals surface area contributed by atoms with E-state index in [-0.39, 0.29) is 13.2 Å². The smallest absolute Gasteiger partial charge is 0.144 e. The number of aliphatic hydroxyl groups is 1. The average molecular weight is 140 g/mol. The normalized spacial score (nSPS) is 15.3. The number of terminal acetylenes is 1. The predicted octanol–water partition coefficient (Wildman–Crippen LogP) is 0.573. The highest BCUT2D eigenvalue weighted by molar-refractivity contribution is 5.15.